The third-order valence-electron chi connectivity index (χ3n) is 7.04. The van der Waals surface area contributed by atoms with E-state index in [0.29, 0.717) is 31.2 Å². The number of Topliss-reactive ketones (excluding diaryl/α,β-unsaturated/α-hetero) is 1. The summed E-state index contributed by atoms with van der Waals surface area (Å²) in [7, 11) is 1.71. The van der Waals surface area contributed by atoms with E-state index in [1.807, 2.05) is 17.0 Å². The fourth-order valence-corrected chi connectivity index (χ4v) is 5.33. The first kappa shape index (κ1) is 24.3. The van der Waals surface area contributed by atoms with E-state index in [0.717, 1.165) is 52.9 Å². The van der Waals surface area contributed by atoms with Gasteiger partial charge in [0.1, 0.15) is 11.4 Å². The van der Waals surface area contributed by atoms with Crippen molar-refractivity contribution in [3.05, 3.63) is 52.3 Å². The molecule has 1 aromatic carbocycles. The van der Waals surface area contributed by atoms with Gasteiger partial charge in [-0.2, -0.15) is 4.02 Å². The third-order valence-corrected chi connectivity index (χ3v) is 7.37. The first-order valence-corrected chi connectivity index (χ1v) is 13.0. The molecule has 7 nitrogen and oxygen atoms in total. The number of ketones is 1. The number of nitrogens with zero attached hydrogens (tertiary/aromatic N) is 4. The molecule has 1 aromatic heterocycles. The number of fused-ring (bicyclic) bond motifs is 1. The summed E-state index contributed by atoms with van der Waals surface area (Å²) < 4.78 is 15.8. The number of aromatic nitrogens is 1. The zero-order valence-electron chi connectivity index (χ0n) is 20.9. The highest BCUT2D eigenvalue weighted by Gasteiger charge is 2.33. The Balaban J connectivity index is 1.45. The van der Waals surface area contributed by atoms with Gasteiger partial charge in [-0.25, -0.2) is 4.98 Å². The van der Waals surface area contributed by atoms with Crippen molar-refractivity contribution in [1.29, 1.82) is 0 Å². The lowest BCUT2D eigenvalue weighted by molar-refractivity contribution is 0.0963. The summed E-state index contributed by atoms with van der Waals surface area (Å²) in [4.78, 5) is 22.9. The number of morpholine rings is 1. The second-order valence-electron chi connectivity index (χ2n) is 10.6. The van der Waals surface area contributed by atoms with Gasteiger partial charge >= 0.3 is 0 Å². The molecule has 1 aliphatic carbocycles. The van der Waals surface area contributed by atoms with Crippen LogP contribution in [-0.2, 0) is 16.7 Å². The minimum absolute atomic E-state index is 0.0523. The van der Waals surface area contributed by atoms with Gasteiger partial charge < -0.3 is 19.3 Å². The summed E-state index contributed by atoms with van der Waals surface area (Å²) in [6, 6.07) is 8.25. The molecule has 1 saturated carbocycles. The third kappa shape index (κ3) is 4.83. The molecule has 2 aromatic rings. The predicted octanol–water partition coefficient (Wildman–Crippen LogP) is 4.86. The molecule has 3 heterocycles. The van der Waals surface area contributed by atoms with Gasteiger partial charge in [0.15, 0.2) is 11.6 Å². The molecular formula is C27H33BrN4O3. The Bertz CT molecular complexity index is 1160. The van der Waals surface area contributed by atoms with E-state index < -0.39 is 0 Å². The Morgan fingerprint density at radius 2 is 1.97 bits per heavy atom. The maximum absolute atomic E-state index is 13.7. The minimum Gasteiger partial charge on any atom is -0.494 e. The van der Waals surface area contributed by atoms with Crippen molar-refractivity contribution in [3.63, 3.8) is 0 Å². The van der Waals surface area contributed by atoms with Crippen LogP contribution in [0.3, 0.4) is 0 Å². The number of halogens is 1. The van der Waals surface area contributed by atoms with Crippen LogP contribution in [0.4, 0.5) is 5.69 Å². The number of anilines is 1. The van der Waals surface area contributed by atoms with Crippen LogP contribution < -0.4 is 9.64 Å². The second-order valence-corrected chi connectivity index (χ2v) is 11.0. The summed E-state index contributed by atoms with van der Waals surface area (Å²) in [6.07, 6.45) is 2.40. The van der Waals surface area contributed by atoms with Crippen molar-refractivity contribution in [2.45, 2.75) is 51.5 Å². The van der Waals surface area contributed by atoms with E-state index in [2.05, 4.69) is 58.0 Å². The van der Waals surface area contributed by atoms with Crippen LogP contribution in [0.15, 0.2) is 28.3 Å². The number of hydrogen-bond donors (Lipinski definition) is 0. The van der Waals surface area contributed by atoms with Crippen molar-refractivity contribution in [2.75, 3.05) is 44.9 Å². The van der Waals surface area contributed by atoms with Crippen LogP contribution in [0.1, 0.15) is 72.4 Å². The van der Waals surface area contributed by atoms with Crippen LogP contribution in [0, 0.1) is 0 Å². The normalized spacial score (nSPS) is 19.3. The number of carbonyl (C=O) groups is 1. The number of pyridine rings is 1. The standard InChI is InChI=1S/C27H33BrN4O3/c1-27(2,3)20-13-19(14-22(25(20)34-4)31-9-11-35-12-10-31)23(33)16-32-15-18-7-8-21(17-5-6-17)29-24(18)26(32)30-28/h7-8,13-14,17H,5-6,9-12,15-16H2,1-4H3/b30-26-. The van der Waals surface area contributed by atoms with Gasteiger partial charge in [-0.15, -0.1) is 0 Å². The molecule has 0 spiro atoms. The minimum atomic E-state index is -0.182. The molecule has 0 radical (unpaired) electrons. The maximum Gasteiger partial charge on any atom is 0.182 e. The quantitative estimate of drug-likeness (QED) is 0.487. The number of methoxy groups -OCH3 is 1. The van der Waals surface area contributed by atoms with Gasteiger partial charge in [-0.05, 0) is 36.5 Å². The monoisotopic (exact) mass is 540 g/mol. The molecule has 2 fully saturated rings. The zero-order chi connectivity index (χ0) is 24.7. The lowest BCUT2D eigenvalue weighted by Gasteiger charge is -2.33. The van der Waals surface area contributed by atoms with Crippen molar-refractivity contribution in [3.8, 4) is 5.75 Å². The first-order chi connectivity index (χ1) is 16.8. The lowest BCUT2D eigenvalue weighted by atomic mass is 9.84. The van der Waals surface area contributed by atoms with Gasteiger partial charge in [0.25, 0.3) is 0 Å². The summed E-state index contributed by atoms with van der Waals surface area (Å²) in [5.74, 6) is 2.19. The van der Waals surface area contributed by atoms with Gasteiger partial charge in [0, 0.05) is 47.9 Å². The van der Waals surface area contributed by atoms with Gasteiger partial charge in [0.2, 0.25) is 0 Å². The number of hydrogen-bond acceptors (Lipinski definition) is 6. The molecular weight excluding hydrogens is 508 g/mol. The largest absolute Gasteiger partial charge is 0.494 e. The lowest BCUT2D eigenvalue weighted by Crippen LogP contribution is -2.37. The molecule has 5 rings (SSSR count). The van der Waals surface area contributed by atoms with Crippen LogP contribution in [0.25, 0.3) is 0 Å². The van der Waals surface area contributed by atoms with Crippen LogP contribution in [-0.4, -0.2) is 61.5 Å². The average molecular weight is 541 g/mol. The van der Waals surface area contributed by atoms with Crippen molar-refractivity contribution < 1.29 is 14.3 Å². The van der Waals surface area contributed by atoms with Gasteiger partial charge in [-0.1, -0.05) is 26.8 Å². The highest BCUT2D eigenvalue weighted by atomic mass is 79.9. The molecule has 0 atom stereocenters. The molecule has 1 saturated heterocycles. The Kier molecular flexibility index (Phi) is 6.61. The number of rotatable bonds is 6. The molecule has 0 bridgehead atoms. The Hall–Kier alpha value is -2.45. The van der Waals surface area contributed by atoms with E-state index >= 15 is 0 Å². The molecule has 186 valence electrons. The highest BCUT2D eigenvalue weighted by molar-refractivity contribution is 9.08. The molecule has 35 heavy (non-hydrogen) atoms. The number of carbonyl (C=O) groups excluding carboxylic acids is 1. The molecule has 3 aliphatic rings. The summed E-state index contributed by atoms with van der Waals surface area (Å²) in [5, 5.41) is 0. The van der Waals surface area contributed by atoms with E-state index in [4.69, 9.17) is 14.5 Å². The molecule has 0 amide bonds. The zero-order valence-corrected chi connectivity index (χ0v) is 22.5. The van der Waals surface area contributed by atoms with E-state index in [1.54, 1.807) is 7.11 Å². The fraction of sp³-hybridized carbons (Fsp3) is 0.519. The van der Waals surface area contributed by atoms with E-state index in [9.17, 15) is 4.79 Å². The van der Waals surface area contributed by atoms with Gasteiger partial charge in [0.05, 0.1) is 48.7 Å². The Morgan fingerprint density at radius 3 is 2.60 bits per heavy atom. The molecule has 8 heteroatoms. The molecule has 2 aliphatic heterocycles. The van der Waals surface area contributed by atoms with Crippen LogP contribution in [0.2, 0.25) is 0 Å². The SMILES string of the molecule is COc1c(N2CCOCC2)cc(C(=O)CN2Cc3ccc(C4CC4)nc3/C2=N/Br)cc1C(C)(C)C. The highest BCUT2D eigenvalue weighted by Crippen LogP contribution is 2.41. The topological polar surface area (TPSA) is 67.3 Å². The van der Waals surface area contributed by atoms with Crippen LogP contribution in [0.5, 0.6) is 5.75 Å². The second kappa shape index (κ2) is 9.54. The maximum atomic E-state index is 13.7. The summed E-state index contributed by atoms with van der Waals surface area (Å²) in [5.41, 5.74) is 5.62. The summed E-state index contributed by atoms with van der Waals surface area (Å²) in [6.45, 7) is 10.2. The molecule has 0 unspecified atom stereocenters. The Morgan fingerprint density at radius 1 is 1.23 bits per heavy atom. The number of benzene rings is 1. The number of amidine groups is 1. The van der Waals surface area contributed by atoms with E-state index in [1.165, 1.54) is 12.8 Å². The first-order valence-electron chi connectivity index (χ1n) is 12.3. The smallest absolute Gasteiger partial charge is 0.182 e. The van der Waals surface area contributed by atoms with Crippen molar-refractivity contribution in [1.82, 2.24) is 9.88 Å². The van der Waals surface area contributed by atoms with E-state index in [-0.39, 0.29) is 17.7 Å². The number of ether oxygens (including phenoxy) is 2. The average Bonchev–Trinajstić information content (AvgIpc) is 3.64. The van der Waals surface area contributed by atoms with Crippen molar-refractivity contribution in [2.24, 2.45) is 4.02 Å². The Labute approximate surface area is 215 Å². The molecule has 0 N–H and O–H groups in total. The van der Waals surface area contributed by atoms with Crippen LogP contribution >= 0.6 is 16.1 Å². The predicted molar refractivity (Wildman–Crippen MR) is 141 cm³/mol. The summed E-state index contributed by atoms with van der Waals surface area (Å²) >= 11 is 3.29. The fourth-order valence-electron chi connectivity index (χ4n) is 4.94. The van der Waals surface area contributed by atoms with Gasteiger partial charge in [-0.3, -0.25) is 4.79 Å². The van der Waals surface area contributed by atoms with Crippen molar-refractivity contribution >= 4 is 33.5 Å².